The lowest BCUT2D eigenvalue weighted by molar-refractivity contribution is -0.120. The molecule has 2 rings (SSSR count). The molecular formula is C13H23NO. The van der Waals surface area contributed by atoms with Crippen molar-refractivity contribution in [1.29, 1.82) is 0 Å². The zero-order chi connectivity index (χ0) is 11.3. The highest BCUT2D eigenvalue weighted by Crippen LogP contribution is 2.53. The van der Waals surface area contributed by atoms with Gasteiger partial charge in [-0.25, -0.2) is 0 Å². The smallest absolute Gasteiger partial charge is 0.220 e. The fourth-order valence-electron chi connectivity index (χ4n) is 4.19. The third kappa shape index (κ3) is 1.91. The van der Waals surface area contributed by atoms with Gasteiger partial charge in [0.15, 0.2) is 0 Å². The predicted octanol–water partition coefficient (Wildman–Crippen LogP) is 2.73. The number of hydrogen-bond donors (Lipinski definition) is 1. The van der Waals surface area contributed by atoms with Gasteiger partial charge in [0.05, 0.1) is 0 Å². The summed E-state index contributed by atoms with van der Waals surface area (Å²) in [5.74, 6) is 1.01. The molecule has 15 heavy (non-hydrogen) atoms. The third-order valence-electron chi connectivity index (χ3n) is 4.30. The molecule has 0 aromatic carbocycles. The molecule has 1 aliphatic carbocycles. The first-order chi connectivity index (χ1) is 6.83. The van der Waals surface area contributed by atoms with Crippen LogP contribution in [0, 0.1) is 16.7 Å². The highest BCUT2D eigenvalue weighted by atomic mass is 16.2. The standard InChI is InChI=1S/C13H23NO/c1-9-5-12(3,4)8-13(6-9)7-11(15)14-10(13)2/h9-10H,5-8H2,1-4H3,(H,14,15). The van der Waals surface area contributed by atoms with E-state index in [1.807, 2.05) is 0 Å². The maximum atomic E-state index is 11.5. The fraction of sp³-hybridized carbons (Fsp3) is 0.923. The molecule has 2 heteroatoms. The van der Waals surface area contributed by atoms with E-state index < -0.39 is 0 Å². The molecule has 0 bridgehead atoms. The van der Waals surface area contributed by atoms with Crippen molar-refractivity contribution in [3.63, 3.8) is 0 Å². The molecule has 0 aromatic heterocycles. The molecule has 2 aliphatic rings. The Labute approximate surface area is 92.8 Å². The first-order valence-electron chi connectivity index (χ1n) is 6.12. The van der Waals surface area contributed by atoms with Gasteiger partial charge in [0, 0.05) is 12.5 Å². The quantitative estimate of drug-likeness (QED) is 0.653. The minimum atomic E-state index is 0.248. The summed E-state index contributed by atoms with van der Waals surface area (Å²) in [5.41, 5.74) is 0.649. The molecule has 1 saturated carbocycles. The maximum Gasteiger partial charge on any atom is 0.220 e. The Bertz CT molecular complexity index is 284. The van der Waals surface area contributed by atoms with E-state index in [4.69, 9.17) is 0 Å². The predicted molar refractivity (Wildman–Crippen MR) is 61.5 cm³/mol. The molecule has 3 atom stereocenters. The second-order valence-corrected chi connectivity index (χ2v) is 6.68. The molecule has 1 saturated heterocycles. The van der Waals surface area contributed by atoms with Crippen molar-refractivity contribution < 1.29 is 4.79 Å². The largest absolute Gasteiger partial charge is 0.353 e. The second kappa shape index (κ2) is 3.23. The van der Waals surface area contributed by atoms with Crippen molar-refractivity contribution in [2.75, 3.05) is 0 Å². The highest BCUT2D eigenvalue weighted by Gasteiger charge is 2.50. The van der Waals surface area contributed by atoms with Crippen molar-refractivity contribution in [2.45, 2.75) is 59.4 Å². The van der Waals surface area contributed by atoms with Crippen LogP contribution in [0.4, 0.5) is 0 Å². The van der Waals surface area contributed by atoms with Gasteiger partial charge in [0.25, 0.3) is 0 Å². The summed E-state index contributed by atoms with van der Waals surface area (Å²) >= 11 is 0. The molecule has 2 nitrogen and oxygen atoms in total. The number of carbonyl (C=O) groups is 1. The summed E-state index contributed by atoms with van der Waals surface area (Å²) < 4.78 is 0. The van der Waals surface area contributed by atoms with E-state index in [2.05, 4.69) is 33.0 Å². The average Bonchev–Trinajstić information content (AvgIpc) is 2.20. The van der Waals surface area contributed by atoms with Gasteiger partial charge in [-0.2, -0.15) is 0 Å². The van der Waals surface area contributed by atoms with Crippen LogP contribution in [0.1, 0.15) is 53.4 Å². The van der Waals surface area contributed by atoms with E-state index in [1.165, 1.54) is 19.3 Å². The summed E-state index contributed by atoms with van der Waals surface area (Å²) in [6, 6.07) is 0.368. The van der Waals surface area contributed by atoms with Gasteiger partial charge in [-0.3, -0.25) is 4.79 Å². The van der Waals surface area contributed by atoms with Crippen molar-refractivity contribution in [3.05, 3.63) is 0 Å². The molecule has 1 N–H and O–H groups in total. The molecule has 3 unspecified atom stereocenters. The summed E-state index contributed by atoms with van der Waals surface area (Å²) in [4.78, 5) is 11.5. The highest BCUT2D eigenvalue weighted by molar-refractivity contribution is 5.79. The SMILES string of the molecule is CC1CC(C)(C)CC2(CC(=O)NC2C)C1. The Morgan fingerprint density at radius 1 is 1.27 bits per heavy atom. The lowest BCUT2D eigenvalue weighted by Gasteiger charge is -2.47. The summed E-state index contributed by atoms with van der Waals surface area (Å²) in [6.45, 7) is 9.21. The van der Waals surface area contributed by atoms with Gasteiger partial charge in [-0.05, 0) is 42.9 Å². The van der Waals surface area contributed by atoms with Gasteiger partial charge in [-0.15, -0.1) is 0 Å². The number of amides is 1. The molecule has 86 valence electrons. The number of nitrogens with one attached hydrogen (secondary N) is 1. The molecule has 0 radical (unpaired) electrons. The Morgan fingerprint density at radius 2 is 1.93 bits per heavy atom. The van der Waals surface area contributed by atoms with Crippen LogP contribution in [-0.4, -0.2) is 11.9 Å². The van der Waals surface area contributed by atoms with Crippen LogP contribution >= 0.6 is 0 Å². The molecule has 0 aromatic rings. The van der Waals surface area contributed by atoms with Crippen molar-refractivity contribution >= 4 is 5.91 Å². The van der Waals surface area contributed by atoms with Crippen LogP contribution in [-0.2, 0) is 4.79 Å². The second-order valence-electron chi connectivity index (χ2n) is 6.68. The lowest BCUT2D eigenvalue weighted by atomic mass is 9.58. The van der Waals surface area contributed by atoms with E-state index in [9.17, 15) is 4.79 Å². The van der Waals surface area contributed by atoms with E-state index in [0.29, 0.717) is 11.5 Å². The first kappa shape index (κ1) is 11.0. The fourth-order valence-corrected chi connectivity index (χ4v) is 4.19. The zero-order valence-corrected chi connectivity index (χ0v) is 10.4. The van der Waals surface area contributed by atoms with Crippen molar-refractivity contribution in [2.24, 2.45) is 16.7 Å². The average molecular weight is 209 g/mol. The minimum absolute atomic E-state index is 0.248. The maximum absolute atomic E-state index is 11.5. The Morgan fingerprint density at radius 3 is 2.40 bits per heavy atom. The third-order valence-corrected chi connectivity index (χ3v) is 4.30. The van der Waals surface area contributed by atoms with Crippen LogP contribution < -0.4 is 5.32 Å². The topological polar surface area (TPSA) is 29.1 Å². The summed E-state index contributed by atoms with van der Waals surface area (Å²) in [7, 11) is 0. The summed E-state index contributed by atoms with van der Waals surface area (Å²) in [6.07, 6.45) is 4.47. The van der Waals surface area contributed by atoms with Gasteiger partial charge in [0.2, 0.25) is 5.91 Å². The zero-order valence-electron chi connectivity index (χ0n) is 10.4. The van der Waals surface area contributed by atoms with Gasteiger partial charge in [-0.1, -0.05) is 20.8 Å². The number of hydrogen-bond acceptors (Lipinski definition) is 1. The Kier molecular flexibility index (Phi) is 2.36. The van der Waals surface area contributed by atoms with Gasteiger partial charge >= 0.3 is 0 Å². The van der Waals surface area contributed by atoms with Crippen LogP contribution in [0.2, 0.25) is 0 Å². The van der Waals surface area contributed by atoms with E-state index in [-0.39, 0.29) is 11.3 Å². The monoisotopic (exact) mass is 209 g/mol. The number of rotatable bonds is 0. The Hall–Kier alpha value is -0.530. The molecule has 2 fully saturated rings. The van der Waals surface area contributed by atoms with Crippen LogP contribution in [0.5, 0.6) is 0 Å². The molecule has 1 amide bonds. The molecule has 1 heterocycles. The first-order valence-corrected chi connectivity index (χ1v) is 6.12. The van der Waals surface area contributed by atoms with Crippen LogP contribution in [0.3, 0.4) is 0 Å². The van der Waals surface area contributed by atoms with Crippen LogP contribution in [0.25, 0.3) is 0 Å². The summed E-state index contributed by atoms with van der Waals surface area (Å²) in [5, 5.41) is 3.10. The van der Waals surface area contributed by atoms with E-state index >= 15 is 0 Å². The van der Waals surface area contributed by atoms with E-state index in [1.54, 1.807) is 0 Å². The Balaban J connectivity index is 2.24. The normalized spacial score (nSPS) is 44.4. The van der Waals surface area contributed by atoms with Gasteiger partial charge in [0.1, 0.15) is 0 Å². The number of carbonyl (C=O) groups excluding carboxylic acids is 1. The van der Waals surface area contributed by atoms with Crippen molar-refractivity contribution in [1.82, 2.24) is 5.32 Å². The minimum Gasteiger partial charge on any atom is -0.353 e. The van der Waals surface area contributed by atoms with Crippen LogP contribution in [0.15, 0.2) is 0 Å². The lowest BCUT2D eigenvalue weighted by Crippen LogP contribution is -2.43. The van der Waals surface area contributed by atoms with E-state index in [0.717, 1.165) is 12.3 Å². The molecular weight excluding hydrogens is 186 g/mol. The molecule has 1 aliphatic heterocycles. The van der Waals surface area contributed by atoms with Crippen molar-refractivity contribution in [3.8, 4) is 0 Å². The van der Waals surface area contributed by atoms with Gasteiger partial charge < -0.3 is 5.32 Å². The molecule has 1 spiro atoms.